The highest BCUT2D eigenvalue weighted by Gasteiger charge is 2.62. The number of ether oxygens (including phenoxy) is 2. The van der Waals surface area contributed by atoms with Gasteiger partial charge in [0.1, 0.15) is 17.1 Å². The summed E-state index contributed by atoms with van der Waals surface area (Å²) in [5, 5.41) is -1.24. The summed E-state index contributed by atoms with van der Waals surface area (Å²) >= 11 is 0. The Bertz CT molecular complexity index is 960. The monoisotopic (exact) mass is 441 g/mol. The van der Waals surface area contributed by atoms with Crippen molar-refractivity contribution in [2.24, 2.45) is 0 Å². The van der Waals surface area contributed by atoms with Gasteiger partial charge >= 0.3 is 13.3 Å². The Kier molecular flexibility index (Phi) is 7.27. The van der Waals surface area contributed by atoms with E-state index in [9.17, 15) is 14.2 Å². The summed E-state index contributed by atoms with van der Waals surface area (Å²) in [6.45, 7) is 8.14. The lowest BCUT2D eigenvalue weighted by molar-refractivity contribution is 0.0923. The molecule has 1 unspecified atom stereocenters. The first-order valence-corrected chi connectivity index (χ1v) is 12.1. The van der Waals surface area contributed by atoms with Crippen molar-refractivity contribution >= 4 is 19.1 Å². The van der Waals surface area contributed by atoms with Gasteiger partial charge in [-0.25, -0.2) is 4.79 Å². The van der Waals surface area contributed by atoms with Crippen LogP contribution in [0.15, 0.2) is 36.4 Å². The van der Waals surface area contributed by atoms with Gasteiger partial charge in [-0.1, -0.05) is 28.8 Å². The maximum atomic E-state index is 14.0. The molecule has 0 spiro atoms. The highest BCUT2D eigenvalue weighted by molar-refractivity contribution is 7.67. The van der Waals surface area contributed by atoms with Crippen molar-refractivity contribution in [3.05, 3.63) is 58.7 Å². The van der Waals surface area contributed by atoms with Gasteiger partial charge in [0.25, 0.3) is 0 Å². The largest absolute Gasteiger partial charge is 0.493 e. The highest BCUT2D eigenvalue weighted by atomic mass is 31.1. The van der Waals surface area contributed by atoms with Gasteiger partial charge in [0.2, 0.25) is 10.9 Å². The van der Waals surface area contributed by atoms with E-state index in [1.165, 1.54) is 0 Å². The fraction of sp³-hybridized carbons (Fsp3) is 0.440. The highest BCUT2D eigenvalue weighted by Crippen LogP contribution is 2.55. The molecule has 3 rings (SSSR count). The average Bonchev–Trinajstić information content (AvgIpc) is 3.24. The Morgan fingerprint density at radius 1 is 0.871 bits per heavy atom. The SMILES string of the molecule is CCOc1cccc(OCC)c1C(=O)C1([P+](=O)C(=O)c2c(C)cccc2C)CCCC1. The quantitative estimate of drug-likeness (QED) is 0.339. The molecule has 1 aliphatic rings. The van der Waals surface area contributed by atoms with E-state index in [0.29, 0.717) is 48.7 Å². The predicted molar refractivity (Wildman–Crippen MR) is 122 cm³/mol. The lowest BCUT2D eigenvalue weighted by Gasteiger charge is -2.21. The van der Waals surface area contributed by atoms with Crippen molar-refractivity contribution < 1.29 is 23.6 Å². The fourth-order valence-corrected chi connectivity index (χ4v) is 6.41. The molecule has 0 amide bonds. The first-order chi connectivity index (χ1) is 14.9. The van der Waals surface area contributed by atoms with E-state index in [1.807, 2.05) is 45.9 Å². The zero-order chi connectivity index (χ0) is 22.6. The first kappa shape index (κ1) is 23.1. The van der Waals surface area contributed by atoms with Gasteiger partial charge in [-0.3, -0.25) is 4.79 Å². The summed E-state index contributed by atoms with van der Waals surface area (Å²) < 4.78 is 25.3. The van der Waals surface area contributed by atoms with Crippen LogP contribution in [0.2, 0.25) is 0 Å². The Balaban J connectivity index is 2.11. The molecule has 0 saturated heterocycles. The summed E-state index contributed by atoms with van der Waals surface area (Å²) in [5.74, 6) is 0.512. The van der Waals surface area contributed by atoms with Crippen LogP contribution in [-0.4, -0.2) is 29.7 Å². The molecule has 1 fully saturated rings. The van der Waals surface area contributed by atoms with Gasteiger partial charge in [0, 0.05) is 12.8 Å². The van der Waals surface area contributed by atoms with Crippen molar-refractivity contribution in [2.75, 3.05) is 13.2 Å². The molecule has 1 saturated carbocycles. The van der Waals surface area contributed by atoms with E-state index in [4.69, 9.17) is 9.47 Å². The Morgan fingerprint density at radius 3 is 1.84 bits per heavy atom. The fourth-order valence-electron chi connectivity index (χ4n) is 4.45. The minimum Gasteiger partial charge on any atom is -0.493 e. The predicted octanol–water partition coefficient (Wildman–Crippen LogP) is 6.26. The van der Waals surface area contributed by atoms with E-state index < -0.39 is 18.5 Å². The van der Waals surface area contributed by atoms with E-state index >= 15 is 0 Å². The Hall–Kier alpha value is -2.52. The number of carbonyl (C=O) groups excluding carboxylic acids is 2. The maximum Gasteiger partial charge on any atom is 0.434 e. The molecule has 31 heavy (non-hydrogen) atoms. The third-order valence-electron chi connectivity index (χ3n) is 5.94. The summed E-state index contributed by atoms with van der Waals surface area (Å²) in [6.07, 6.45) is 2.36. The molecule has 2 aromatic rings. The van der Waals surface area contributed by atoms with Gasteiger partial charge < -0.3 is 9.47 Å². The Labute approximate surface area is 184 Å². The number of carbonyl (C=O) groups is 2. The molecule has 1 aliphatic carbocycles. The average molecular weight is 441 g/mol. The molecular weight excluding hydrogens is 411 g/mol. The summed E-state index contributed by atoms with van der Waals surface area (Å²) in [7, 11) is -2.49. The van der Waals surface area contributed by atoms with E-state index in [1.54, 1.807) is 18.2 Å². The van der Waals surface area contributed by atoms with E-state index in [0.717, 1.165) is 24.0 Å². The van der Waals surface area contributed by atoms with Crippen LogP contribution < -0.4 is 9.47 Å². The molecule has 1 atom stereocenters. The number of hydrogen-bond donors (Lipinski definition) is 0. The first-order valence-electron chi connectivity index (χ1n) is 10.9. The van der Waals surface area contributed by atoms with E-state index in [2.05, 4.69) is 0 Å². The molecule has 0 heterocycles. The molecule has 0 bridgehead atoms. The second-order valence-electron chi connectivity index (χ2n) is 7.93. The third-order valence-corrected chi connectivity index (χ3v) is 7.96. The van der Waals surface area contributed by atoms with Crippen molar-refractivity contribution in [3.63, 3.8) is 0 Å². The standard InChI is InChI=1S/C25H30O5P/c1-5-29-19-13-10-14-20(30-6-2)22(19)23(26)25(15-7-8-16-25)31(28)24(27)21-17(3)11-9-12-18(21)4/h9-14H,5-8,15-16H2,1-4H3/q+1. The van der Waals surface area contributed by atoms with Crippen LogP contribution in [0, 0.1) is 13.8 Å². The molecule has 5 nitrogen and oxygen atoms in total. The van der Waals surface area contributed by atoms with Crippen LogP contribution in [0.25, 0.3) is 0 Å². The lowest BCUT2D eigenvalue weighted by atomic mass is 9.93. The van der Waals surface area contributed by atoms with Crippen LogP contribution in [-0.2, 0) is 4.57 Å². The van der Waals surface area contributed by atoms with Crippen molar-refractivity contribution in [1.82, 2.24) is 0 Å². The number of benzene rings is 2. The van der Waals surface area contributed by atoms with Crippen LogP contribution in [0.4, 0.5) is 0 Å². The van der Waals surface area contributed by atoms with Crippen molar-refractivity contribution in [2.45, 2.75) is 58.5 Å². The zero-order valence-corrected chi connectivity index (χ0v) is 19.6. The van der Waals surface area contributed by atoms with Crippen LogP contribution in [0.3, 0.4) is 0 Å². The van der Waals surface area contributed by atoms with Gasteiger partial charge in [-0.05, 0) is 63.8 Å². The topological polar surface area (TPSA) is 69.7 Å². The molecule has 0 radical (unpaired) electrons. The minimum atomic E-state index is -2.49. The normalized spacial score (nSPS) is 15.4. The lowest BCUT2D eigenvalue weighted by Crippen LogP contribution is -2.34. The molecule has 2 aromatic carbocycles. The van der Waals surface area contributed by atoms with Crippen LogP contribution in [0.1, 0.15) is 71.4 Å². The smallest absolute Gasteiger partial charge is 0.434 e. The number of aryl methyl sites for hydroxylation is 2. The molecule has 0 N–H and O–H groups in total. The van der Waals surface area contributed by atoms with Gasteiger partial charge in [0.05, 0.1) is 18.8 Å². The van der Waals surface area contributed by atoms with Crippen LogP contribution in [0.5, 0.6) is 11.5 Å². The second kappa shape index (κ2) is 9.74. The van der Waals surface area contributed by atoms with Gasteiger partial charge in [0.15, 0.2) is 0 Å². The van der Waals surface area contributed by atoms with Crippen molar-refractivity contribution in [1.29, 1.82) is 0 Å². The maximum absolute atomic E-state index is 14.0. The molecule has 0 aliphatic heterocycles. The second-order valence-corrected chi connectivity index (χ2v) is 9.78. The van der Waals surface area contributed by atoms with Crippen LogP contribution >= 0.6 is 7.80 Å². The summed E-state index contributed by atoms with van der Waals surface area (Å²) in [5.41, 5.74) is 1.88. The third kappa shape index (κ3) is 4.29. The number of ketones is 1. The molecular formula is C25H30O5P+. The minimum absolute atomic E-state index is 0.297. The molecule has 6 heteroatoms. The van der Waals surface area contributed by atoms with Gasteiger partial charge in [-0.2, -0.15) is 0 Å². The van der Waals surface area contributed by atoms with E-state index in [-0.39, 0.29) is 5.78 Å². The molecule has 164 valence electrons. The Morgan fingerprint density at radius 2 is 1.35 bits per heavy atom. The number of Topliss-reactive ketones (excluding diaryl/α,β-unsaturated/α-hetero) is 1. The number of hydrogen-bond acceptors (Lipinski definition) is 5. The molecule has 0 aromatic heterocycles. The summed E-state index contributed by atoms with van der Waals surface area (Å²) in [4.78, 5) is 27.4. The number of rotatable bonds is 9. The summed E-state index contributed by atoms with van der Waals surface area (Å²) in [6, 6.07) is 10.8. The zero-order valence-electron chi connectivity index (χ0n) is 18.7. The van der Waals surface area contributed by atoms with Crippen molar-refractivity contribution in [3.8, 4) is 11.5 Å². The van der Waals surface area contributed by atoms with Gasteiger partial charge in [-0.15, -0.1) is 0 Å².